The first-order valence-corrected chi connectivity index (χ1v) is 11.5. The molecular formula is C26H34N2O4. The highest BCUT2D eigenvalue weighted by atomic mass is 16.7. The molecule has 1 aliphatic rings. The van der Waals surface area contributed by atoms with Gasteiger partial charge in [0.25, 0.3) is 0 Å². The third kappa shape index (κ3) is 8.44. The monoisotopic (exact) mass is 438 g/mol. The van der Waals surface area contributed by atoms with E-state index in [-0.39, 0.29) is 5.91 Å². The predicted molar refractivity (Wildman–Crippen MR) is 127 cm³/mol. The number of pyridine rings is 1. The second-order valence-electron chi connectivity index (χ2n) is 8.08. The van der Waals surface area contributed by atoms with Crippen LogP contribution in [0, 0.1) is 0 Å². The molecule has 0 atom stereocenters. The van der Waals surface area contributed by atoms with Crippen LogP contribution in [0.25, 0.3) is 10.9 Å². The number of nitrogens with zero attached hydrogens (tertiary/aromatic N) is 1. The lowest BCUT2D eigenvalue weighted by molar-refractivity contribution is -0.143. The first kappa shape index (κ1) is 24.0. The maximum Gasteiger partial charge on any atom is 0.244 e. The Balaban J connectivity index is 1.16. The molecule has 2 aromatic rings. The van der Waals surface area contributed by atoms with Crippen molar-refractivity contribution in [2.24, 2.45) is 0 Å². The maximum atomic E-state index is 11.8. The fourth-order valence-corrected chi connectivity index (χ4v) is 3.48. The SMILES string of the molecule is CC1(CNC(=O)/C=C/C=C/CCCCCCCOc2ccc3ccccc3n2)OCCO1. The molecule has 0 radical (unpaired) electrons. The van der Waals surface area contributed by atoms with Crippen molar-refractivity contribution in [3.8, 4) is 5.88 Å². The third-order valence-corrected chi connectivity index (χ3v) is 5.31. The molecule has 1 saturated heterocycles. The lowest BCUT2D eigenvalue weighted by Crippen LogP contribution is -2.40. The second kappa shape index (κ2) is 13.0. The van der Waals surface area contributed by atoms with Crippen LogP contribution in [0.5, 0.6) is 5.88 Å². The van der Waals surface area contributed by atoms with Gasteiger partial charge in [0.05, 0.1) is 31.9 Å². The average molecular weight is 439 g/mol. The van der Waals surface area contributed by atoms with Crippen LogP contribution in [0.2, 0.25) is 0 Å². The van der Waals surface area contributed by atoms with Crippen LogP contribution in [-0.4, -0.2) is 43.0 Å². The first-order valence-electron chi connectivity index (χ1n) is 11.5. The number of aromatic nitrogens is 1. The van der Waals surface area contributed by atoms with Crippen molar-refractivity contribution in [3.63, 3.8) is 0 Å². The van der Waals surface area contributed by atoms with Crippen molar-refractivity contribution in [1.29, 1.82) is 0 Å². The van der Waals surface area contributed by atoms with Crippen molar-refractivity contribution in [3.05, 3.63) is 60.7 Å². The molecule has 0 spiro atoms. The van der Waals surface area contributed by atoms with Gasteiger partial charge in [-0.15, -0.1) is 0 Å². The molecule has 3 rings (SSSR count). The molecule has 1 amide bonds. The molecule has 1 N–H and O–H groups in total. The summed E-state index contributed by atoms with van der Waals surface area (Å²) in [5, 5.41) is 3.93. The van der Waals surface area contributed by atoms with Crippen molar-refractivity contribution in [1.82, 2.24) is 10.3 Å². The number of carbonyl (C=O) groups is 1. The van der Waals surface area contributed by atoms with Gasteiger partial charge in [-0.05, 0) is 38.3 Å². The van der Waals surface area contributed by atoms with Crippen molar-refractivity contribution in [2.45, 2.75) is 51.2 Å². The van der Waals surface area contributed by atoms with Gasteiger partial charge in [-0.25, -0.2) is 4.98 Å². The van der Waals surface area contributed by atoms with E-state index in [0.717, 1.165) is 36.6 Å². The summed E-state index contributed by atoms with van der Waals surface area (Å²) in [7, 11) is 0. The average Bonchev–Trinajstić information content (AvgIpc) is 3.25. The van der Waals surface area contributed by atoms with Gasteiger partial charge in [0.15, 0.2) is 5.79 Å². The molecule has 0 aliphatic carbocycles. The molecule has 0 unspecified atom stereocenters. The van der Waals surface area contributed by atoms with E-state index in [4.69, 9.17) is 14.2 Å². The molecule has 0 bridgehead atoms. The number of nitrogens with one attached hydrogen (secondary N) is 1. The molecule has 1 fully saturated rings. The third-order valence-electron chi connectivity index (χ3n) is 5.31. The highest BCUT2D eigenvalue weighted by Gasteiger charge is 2.30. The van der Waals surface area contributed by atoms with Crippen LogP contribution in [0.15, 0.2) is 60.7 Å². The molecule has 0 saturated carbocycles. The van der Waals surface area contributed by atoms with Gasteiger partial charge in [0.1, 0.15) is 0 Å². The number of amides is 1. The van der Waals surface area contributed by atoms with E-state index in [9.17, 15) is 4.79 Å². The van der Waals surface area contributed by atoms with Crippen LogP contribution >= 0.6 is 0 Å². The fraction of sp³-hybridized carbons (Fsp3) is 0.462. The fourth-order valence-electron chi connectivity index (χ4n) is 3.48. The van der Waals surface area contributed by atoms with Gasteiger partial charge in [0.2, 0.25) is 11.8 Å². The Hall–Kier alpha value is -2.70. The summed E-state index contributed by atoms with van der Waals surface area (Å²) in [6.07, 6.45) is 14.1. The number of allylic oxidation sites excluding steroid dienone is 3. The molecule has 1 aliphatic heterocycles. The van der Waals surface area contributed by atoms with E-state index in [2.05, 4.69) is 22.4 Å². The van der Waals surface area contributed by atoms with Gasteiger partial charge >= 0.3 is 0 Å². The van der Waals surface area contributed by atoms with Crippen LogP contribution in [-0.2, 0) is 14.3 Å². The van der Waals surface area contributed by atoms with Crippen molar-refractivity contribution in [2.75, 3.05) is 26.4 Å². The Morgan fingerprint density at radius 1 is 1.06 bits per heavy atom. The topological polar surface area (TPSA) is 69.7 Å². The molecule has 6 nitrogen and oxygen atoms in total. The van der Waals surface area contributed by atoms with E-state index in [0.29, 0.717) is 32.2 Å². The van der Waals surface area contributed by atoms with E-state index in [1.807, 2.05) is 43.3 Å². The lowest BCUT2D eigenvalue weighted by atomic mass is 10.1. The number of para-hydroxylation sites is 1. The zero-order valence-corrected chi connectivity index (χ0v) is 18.9. The van der Waals surface area contributed by atoms with E-state index in [1.54, 1.807) is 6.08 Å². The molecule has 2 heterocycles. The number of hydrogen-bond donors (Lipinski definition) is 1. The summed E-state index contributed by atoms with van der Waals surface area (Å²) < 4.78 is 16.7. The number of fused-ring (bicyclic) bond motifs is 1. The zero-order chi connectivity index (χ0) is 22.5. The Labute approximate surface area is 190 Å². The molecule has 1 aromatic carbocycles. The lowest BCUT2D eigenvalue weighted by Gasteiger charge is -2.21. The van der Waals surface area contributed by atoms with Gasteiger partial charge in [0, 0.05) is 17.5 Å². The highest BCUT2D eigenvalue weighted by Crippen LogP contribution is 2.17. The van der Waals surface area contributed by atoms with Crippen molar-refractivity contribution < 1.29 is 19.0 Å². The predicted octanol–water partition coefficient (Wildman–Crippen LogP) is 4.95. The van der Waals surface area contributed by atoms with Gasteiger partial charge in [-0.1, -0.05) is 55.7 Å². The quantitative estimate of drug-likeness (QED) is 0.272. The normalized spacial score (nSPS) is 15.7. The van der Waals surface area contributed by atoms with Crippen molar-refractivity contribution >= 4 is 16.8 Å². The van der Waals surface area contributed by atoms with E-state index >= 15 is 0 Å². The minimum atomic E-state index is -0.696. The molecule has 1 aromatic heterocycles. The Morgan fingerprint density at radius 2 is 1.84 bits per heavy atom. The van der Waals surface area contributed by atoms with Crippen LogP contribution < -0.4 is 10.1 Å². The Kier molecular flexibility index (Phi) is 9.72. The van der Waals surface area contributed by atoms with Gasteiger partial charge in [-0.2, -0.15) is 0 Å². The van der Waals surface area contributed by atoms with Gasteiger partial charge in [-0.3, -0.25) is 4.79 Å². The van der Waals surface area contributed by atoms with E-state index < -0.39 is 5.79 Å². The minimum Gasteiger partial charge on any atom is -0.478 e. The summed E-state index contributed by atoms with van der Waals surface area (Å²) in [6.45, 7) is 4.03. The largest absolute Gasteiger partial charge is 0.478 e. The van der Waals surface area contributed by atoms with Gasteiger partial charge < -0.3 is 19.5 Å². The summed E-state index contributed by atoms with van der Waals surface area (Å²) in [5.74, 6) is -0.139. The number of rotatable bonds is 13. The molecule has 32 heavy (non-hydrogen) atoms. The summed E-state index contributed by atoms with van der Waals surface area (Å²) in [4.78, 5) is 16.3. The second-order valence-corrected chi connectivity index (χ2v) is 8.08. The number of hydrogen-bond acceptors (Lipinski definition) is 5. The zero-order valence-electron chi connectivity index (χ0n) is 18.9. The minimum absolute atomic E-state index is 0.143. The number of unbranched alkanes of at least 4 members (excludes halogenated alkanes) is 5. The van der Waals surface area contributed by atoms with Crippen LogP contribution in [0.3, 0.4) is 0 Å². The standard InChI is InChI=1S/C26H34N2O4/c1-26(31-19-20-32-26)21-27-24(29)15-9-7-5-3-2-4-6-8-12-18-30-25-17-16-22-13-10-11-14-23(22)28-25/h5,7,9-11,13-17H,2-4,6,8,12,18-21H2,1H3,(H,27,29)/b7-5+,15-9+. The Morgan fingerprint density at radius 3 is 2.72 bits per heavy atom. The molecular weight excluding hydrogens is 404 g/mol. The highest BCUT2D eigenvalue weighted by molar-refractivity contribution is 5.87. The molecule has 6 heteroatoms. The number of carbonyl (C=O) groups excluding carboxylic acids is 1. The summed E-state index contributed by atoms with van der Waals surface area (Å²) in [5.41, 5.74) is 0.969. The van der Waals surface area contributed by atoms with Crippen LogP contribution in [0.4, 0.5) is 0 Å². The number of benzene rings is 1. The Bertz CT molecular complexity index is 904. The summed E-state index contributed by atoms with van der Waals surface area (Å²) >= 11 is 0. The smallest absolute Gasteiger partial charge is 0.244 e. The maximum absolute atomic E-state index is 11.8. The van der Waals surface area contributed by atoms with Crippen LogP contribution in [0.1, 0.15) is 45.4 Å². The number of ether oxygens (including phenoxy) is 3. The van der Waals surface area contributed by atoms with E-state index in [1.165, 1.54) is 18.9 Å². The molecule has 172 valence electrons. The first-order chi connectivity index (χ1) is 15.6. The summed E-state index contributed by atoms with van der Waals surface area (Å²) in [6, 6.07) is 12.0.